The van der Waals surface area contributed by atoms with E-state index in [-0.39, 0.29) is 0 Å². The first-order valence-corrected chi connectivity index (χ1v) is 7.42. The Balaban J connectivity index is 2.81. The van der Waals surface area contributed by atoms with E-state index < -0.39 is 0 Å². The molecule has 0 saturated carbocycles. The summed E-state index contributed by atoms with van der Waals surface area (Å²) < 4.78 is 5.15. The van der Waals surface area contributed by atoms with Crippen LogP contribution in [0, 0.1) is 0 Å². The van der Waals surface area contributed by atoms with Crippen molar-refractivity contribution < 1.29 is 4.43 Å². The van der Waals surface area contributed by atoms with E-state index in [2.05, 4.69) is 0 Å². The Kier molecular flexibility index (Phi) is 14.3. The average Bonchev–Trinajstić information content (AvgIpc) is 2.26. The zero-order chi connectivity index (χ0) is 11.2. The Hall–Kier alpha value is 0.137. The van der Waals surface area contributed by atoms with Crippen LogP contribution in [0.4, 0.5) is 0 Å². The van der Waals surface area contributed by atoms with E-state index >= 15 is 0 Å². The van der Waals surface area contributed by atoms with E-state index in [0.717, 1.165) is 23.6 Å². The summed E-state index contributed by atoms with van der Waals surface area (Å²) >= 11 is 0. The number of rotatable bonds is 12. The molecule has 0 fully saturated rings. The number of unbranched alkanes of at least 4 members (excludes halogenated alkanes) is 9. The minimum atomic E-state index is 0.863. The molecule has 2 N–H and O–H groups in total. The summed E-state index contributed by atoms with van der Waals surface area (Å²) in [6.45, 7) is 1.85. The van der Waals surface area contributed by atoms with Crippen molar-refractivity contribution in [2.24, 2.45) is 5.73 Å². The summed E-state index contributed by atoms with van der Waals surface area (Å²) in [5, 5.41) is 0. The summed E-state index contributed by atoms with van der Waals surface area (Å²) in [4.78, 5) is 0. The van der Waals surface area contributed by atoms with Gasteiger partial charge in [-0.05, 0) is 19.4 Å². The predicted molar refractivity (Wildman–Crippen MR) is 71.1 cm³/mol. The van der Waals surface area contributed by atoms with E-state index in [0.29, 0.717) is 0 Å². The van der Waals surface area contributed by atoms with Crippen molar-refractivity contribution in [3.8, 4) is 0 Å². The quantitative estimate of drug-likeness (QED) is 0.412. The molecule has 0 radical (unpaired) electrons. The fourth-order valence-corrected chi connectivity index (χ4v) is 2.09. The highest BCUT2D eigenvalue weighted by Crippen LogP contribution is 2.10. The maximum Gasteiger partial charge on any atom is 0.145 e. The molecule has 0 aromatic carbocycles. The van der Waals surface area contributed by atoms with Gasteiger partial charge in [-0.3, -0.25) is 0 Å². The molecule has 0 aliphatic rings. The second-order valence-corrected chi connectivity index (χ2v) is 4.89. The van der Waals surface area contributed by atoms with Gasteiger partial charge in [0.2, 0.25) is 0 Å². The van der Waals surface area contributed by atoms with Gasteiger partial charge in [-0.2, -0.15) is 0 Å². The molecule has 0 spiro atoms. The second kappa shape index (κ2) is 14.1. The third-order valence-electron chi connectivity index (χ3n) is 2.80. The van der Waals surface area contributed by atoms with Crippen molar-refractivity contribution in [3.05, 3.63) is 0 Å². The molecule has 0 rings (SSSR count). The van der Waals surface area contributed by atoms with Crippen LogP contribution in [0.25, 0.3) is 0 Å². The minimum absolute atomic E-state index is 0.863. The smallest absolute Gasteiger partial charge is 0.145 e. The number of hydrogen-bond donors (Lipinski definition) is 1. The first-order chi connectivity index (χ1) is 7.41. The molecule has 0 heterocycles. The Morgan fingerprint density at radius 1 is 0.667 bits per heavy atom. The topological polar surface area (TPSA) is 35.2 Å². The second-order valence-electron chi connectivity index (χ2n) is 4.32. The predicted octanol–water partition coefficient (Wildman–Crippen LogP) is 2.14. The van der Waals surface area contributed by atoms with Crippen LogP contribution in [0.5, 0.6) is 0 Å². The largest absolute Gasteiger partial charge is 0.428 e. The van der Waals surface area contributed by atoms with Crippen LogP contribution in [-0.4, -0.2) is 23.6 Å². The van der Waals surface area contributed by atoms with Crippen molar-refractivity contribution in [2.45, 2.75) is 64.2 Å². The number of nitrogens with two attached hydrogens (primary N) is 1. The van der Waals surface area contributed by atoms with Gasteiger partial charge in [0.05, 0.1) is 0 Å². The molecule has 0 aliphatic heterocycles. The Morgan fingerprint density at radius 2 is 1.07 bits per heavy atom. The molecule has 0 unspecified atom stereocenters. The average molecular weight is 231 g/mol. The van der Waals surface area contributed by atoms with Gasteiger partial charge in [-0.15, -0.1) is 0 Å². The van der Waals surface area contributed by atoms with E-state index in [9.17, 15) is 0 Å². The first kappa shape index (κ1) is 15.1. The third-order valence-corrected chi connectivity index (χ3v) is 3.21. The van der Waals surface area contributed by atoms with Crippen LogP contribution in [0.1, 0.15) is 64.2 Å². The van der Waals surface area contributed by atoms with Crippen molar-refractivity contribution >= 4 is 10.5 Å². The molecule has 2 nitrogen and oxygen atoms in total. The maximum atomic E-state index is 5.44. The van der Waals surface area contributed by atoms with Crippen LogP contribution >= 0.6 is 0 Å². The SMILES string of the molecule is NCCCCCCCCCCCCO[SiH3]. The summed E-state index contributed by atoms with van der Waals surface area (Å²) in [6, 6.07) is 0. The van der Waals surface area contributed by atoms with Gasteiger partial charge < -0.3 is 10.2 Å². The molecule has 0 aromatic heterocycles. The van der Waals surface area contributed by atoms with Crippen molar-refractivity contribution in [1.29, 1.82) is 0 Å². The monoisotopic (exact) mass is 231 g/mol. The third kappa shape index (κ3) is 14.1. The lowest BCUT2D eigenvalue weighted by molar-refractivity contribution is 0.332. The molecule has 3 heteroatoms. The summed E-state index contributed by atoms with van der Waals surface area (Å²) in [5.41, 5.74) is 5.44. The van der Waals surface area contributed by atoms with E-state index in [4.69, 9.17) is 10.2 Å². The normalized spacial score (nSPS) is 11.0. The number of hydrogen-bond acceptors (Lipinski definition) is 2. The lowest BCUT2D eigenvalue weighted by Gasteiger charge is -2.02. The molecule has 0 amide bonds. The molecule has 92 valence electrons. The highest BCUT2D eigenvalue weighted by Gasteiger charge is 1.92. The van der Waals surface area contributed by atoms with Crippen LogP contribution in [0.2, 0.25) is 0 Å². The van der Waals surface area contributed by atoms with Crippen molar-refractivity contribution in [1.82, 2.24) is 0 Å². The van der Waals surface area contributed by atoms with Gasteiger partial charge in [0, 0.05) is 6.61 Å². The van der Waals surface area contributed by atoms with E-state index in [1.165, 1.54) is 64.2 Å². The minimum Gasteiger partial charge on any atom is -0.428 e. The molecule has 0 aromatic rings. The molecule has 0 saturated heterocycles. The van der Waals surface area contributed by atoms with Gasteiger partial charge >= 0.3 is 0 Å². The lowest BCUT2D eigenvalue weighted by Crippen LogP contribution is -1.97. The zero-order valence-corrected chi connectivity index (χ0v) is 12.5. The van der Waals surface area contributed by atoms with Crippen LogP contribution < -0.4 is 5.73 Å². The van der Waals surface area contributed by atoms with Gasteiger partial charge in [0.25, 0.3) is 0 Å². The zero-order valence-electron chi connectivity index (χ0n) is 10.5. The fraction of sp³-hybridized carbons (Fsp3) is 1.00. The van der Waals surface area contributed by atoms with Gasteiger partial charge in [-0.1, -0.05) is 51.4 Å². The molecule has 0 aliphatic carbocycles. The first-order valence-electron chi connectivity index (χ1n) is 6.61. The summed E-state index contributed by atoms with van der Waals surface area (Å²) in [7, 11) is 0.901. The highest BCUT2D eigenvalue weighted by atomic mass is 28.2. The van der Waals surface area contributed by atoms with Gasteiger partial charge in [0.1, 0.15) is 10.5 Å². The standard InChI is InChI=1S/C12H29NOSi/c13-11-9-7-5-3-1-2-4-6-8-10-12-14-15/h1-13H2,15H3. The summed E-state index contributed by atoms with van der Waals surface area (Å²) in [5.74, 6) is 0. The molecule has 15 heavy (non-hydrogen) atoms. The van der Waals surface area contributed by atoms with Crippen LogP contribution in [0.15, 0.2) is 0 Å². The van der Waals surface area contributed by atoms with Crippen LogP contribution in [0.3, 0.4) is 0 Å². The van der Waals surface area contributed by atoms with E-state index in [1.54, 1.807) is 0 Å². The molecular formula is C12H29NOSi. The maximum absolute atomic E-state index is 5.44. The Morgan fingerprint density at radius 3 is 1.47 bits per heavy atom. The van der Waals surface area contributed by atoms with Gasteiger partial charge in [-0.25, -0.2) is 0 Å². The lowest BCUT2D eigenvalue weighted by atomic mass is 10.1. The molecule has 0 atom stereocenters. The highest BCUT2D eigenvalue weighted by molar-refractivity contribution is 5.97. The Labute approximate surface area is 98.5 Å². The van der Waals surface area contributed by atoms with Crippen molar-refractivity contribution in [3.63, 3.8) is 0 Å². The molecule has 0 bridgehead atoms. The van der Waals surface area contributed by atoms with Gasteiger partial charge in [0.15, 0.2) is 0 Å². The van der Waals surface area contributed by atoms with Crippen LogP contribution in [-0.2, 0) is 4.43 Å². The van der Waals surface area contributed by atoms with Crippen molar-refractivity contribution in [2.75, 3.05) is 13.2 Å². The molecular weight excluding hydrogens is 202 g/mol. The Bertz CT molecular complexity index is 99.8. The van der Waals surface area contributed by atoms with E-state index in [1.807, 2.05) is 0 Å². The fourth-order valence-electron chi connectivity index (χ4n) is 1.80. The summed E-state index contributed by atoms with van der Waals surface area (Å²) in [6.07, 6.45) is 13.6.